The largest absolute Gasteiger partial charge is 0.330 e. The van der Waals surface area contributed by atoms with Crippen LogP contribution in [0.1, 0.15) is 65.2 Å². The van der Waals surface area contributed by atoms with Crippen LogP contribution < -0.4 is 5.73 Å². The number of hydrogen-bond donors (Lipinski definition) is 1. The predicted octanol–water partition coefficient (Wildman–Crippen LogP) is 4.52. The standard InChI is InChI=1S/C16H31N/c1-4-5-6-7-8-9-14-12-16(2,3)11-10-15(14)13-17/h4,14-15H,1,5-13,17H2,2-3H3. The van der Waals surface area contributed by atoms with E-state index < -0.39 is 0 Å². The molecule has 1 heteroatoms. The molecule has 0 amide bonds. The summed E-state index contributed by atoms with van der Waals surface area (Å²) in [5.74, 6) is 1.68. The Bertz CT molecular complexity index is 220. The highest BCUT2D eigenvalue weighted by Gasteiger charge is 2.33. The van der Waals surface area contributed by atoms with E-state index in [1.54, 1.807) is 0 Å². The molecular weight excluding hydrogens is 206 g/mol. The summed E-state index contributed by atoms with van der Waals surface area (Å²) in [6, 6.07) is 0. The van der Waals surface area contributed by atoms with Crippen LogP contribution in [-0.4, -0.2) is 6.54 Å². The Morgan fingerprint density at radius 1 is 1.24 bits per heavy atom. The van der Waals surface area contributed by atoms with Gasteiger partial charge in [-0.2, -0.15) is 0 Å². The van der Waals surface area contributed by atoms with Crippen molar-refractivity contribution in [1.29, 1.82) is 0 Å². The Hall–Kier alpha value is -0.300. The molecule has 0 aromatic carbocycles. The summed E-state index contributed by atoms with van der Waals surface area (Å²) >= 11 is 0. The van der Waals surface area contributed by atoms with Crippen LogP contribution in [0.25, 0.3) is 0 Å². The number of allylic oxidation sites excluding steroid dienone is 1. The molecule has 1 saturated carbocycles. The monoisotopic (exact) mass is 237 g/mol. The van der Waals surface area contributed by atoms with E-state index >= 15 is 0 Å². The molecule has 1 nitrogen and oxygen atoms in total. The van der Waals surface area contributed by atoms with Gasteiger partial charge in [-0.25, -0.2) is 0 Å². The fourth-order valence-corrected chi connectivity index (χ4v) is 3.31. The van der Waals surface area contributed by atoms with Gasteiger partial charge in [0.25, 0.3) is 0 Å². The van der Waals surface area contributed by atoms with Gasteiger partial charge in [0.2, 0.25) is 0 Å². The molecule has 0 bridgehead atoms. The Labute approximate surface area is 108 Å². The molecule has 1 rings (SSSR count). The van der Waals surface area contributed by atoms with Crippen molar-refractivity contribution in [2.45, 2.75) is 65.2 Å². The second-order valence-corrected chi connectivity index (χ2v) is 6.59. The summed E-state index contributed by atoms with van der Waals surface area (Å²) in [6.07, 6.45) is 12.8. The van der Waals surface area contributed by atoms with E-state index in [0.717, 1.165) is 18.4 Å². The molecule has 17 heavy (non-hydrogen) atoms. The lowest BCUT2D eigenvalue weighted by molar-refractivity contribution is 0.113. The smallest absolute Gasteiger partial charge is 0.00462 e. The highest BCUT2D eigenvalue weighted by Crippen LogP contribution is 2.43. The summed E-state index contributed by atoms with van der Waals surface area (Å²) < 4.78 is 0. The number of unbranched alkanes of at least 4 members (excludes halogenated alkanes) is 3. The van der Waals surface area contributed by atoms with Gasteiger partial charge in [-0.05, 0) is 55.9 Å². The number of rotatable bonds is 7. The first kappa shape index (κ1) is 14.8. The van der Waals surface area contributed by atoms with Crippen LogP contribution in [0.15, 0.2) is 12.7 Å². The van der Waals surface area contributed by atoms with E-state index in [1.165, 1.54) is 51.4 Å². The number of nitrogens with two attached hydrogens (primary N) is 1. The molecule has 1 fully saturated rings. The molecule has 0 spiro atoms. The van der Waals surface area contributed by atoms with Crippen LogP contribution >= 0.6 is 0 Å². The van der Waals surface area contributed by atoms with Gasteiger partial charge >= 0.3 is 0 Å². The molecule has 2 N–H and O–H groups in total. The van der Waals surface area contributed by atoms with Crippen LogP contribution in [0.3, 0.4) is 0 Å². The summed E-state index contributed by atoms with van der Waals surface area (Å²) in [7, 11) is 0. The summed E-state index contributed by atoms with van der Waals surface area (Å²) in [6.45, 7) is 9.51. The zero-order chi connectivity index (χ0) is 12.7. The van der Waals surface area contributed by atoms with Gasteiger partial charge in [0, 0.05) is 0 Å². The fraction of sp³-hybridized carbons (Fsp3) is 0.875. The first-order chi connectivity index (χ1) is 8.09. The Morgan fingerprint density at radius 3 is 2.65 bits per heavy atom. The average Bonchev–Trinajstić information content (AvgIpc) is 2.28. The van der Waals surface area contributed by atoms with E-state index in [-0.39, 0.29) is 0 Å². The molecule has 2 unspecified atom stereocenters. The molecule has 100 valence electrons. The first-order valence-corrected chi connectivity index (χ1v) is 7.40. The van der Waals surface area contributed by atoms with Gasteiger partial charge in [0.1, 0.15) is 0 Å². The molecule has 1 aliphatic rings. The molecule has 0 saturated heterocycles. The van der Waals surface area contributed by atoms with Crippen LogP contribution in [0.2, 0.25) is 0 Å². The second-order valence-electron chi connectivity index (χ2n) is 6.59. The van der Waals surface area contributed by atoms with Gasteiger partial charge in [-0.15, -0.1) is 6.58 Å². The van der Waals surface area contributed by atoms with Crippen molar-refractivity contribution in [3.63, 3.8) is 0 Å². The zero-order valence-corrected chi connectivity index (χ0v) is 11.9. The zero-order valence-electron chi connectivity index (χ0n) is 11.9. The lowest BCUT2D eigenvalue weighted by Gasteiger charge is -2.40. The summed E-state index contributed by atoms with van der Waals surface area (Å²) in [4.78, 5) is 0. The molecule has 0 radical (unpaired) electrons. The van der Waals surface area contributed by atoms with Gasteiger partial charge in [0.05, 0.1) is 0 Å². The van der Waals surface area contributed by atoms with Crippen molar-refractivity contribution in [3.05, 3.63) is 12.7 Å². The quantitative estimate of drug-likeness (QED) is 0.511. The highest BCUT2D eigenvalue weighted by atomic mass is 14.6. The van der Waals surface area contributed by atoms with E-state index in [4.69, 9.17) is 5.73 Å². The lowest BCUT2D eigenvalue weighted by Crippen LogP contribution is -2.34. The Morgan fingerprint density at radius 2 is 2.00 bits per heavy atom. The van der Waals surface area contributed by atoms with Crippen molar-refractivity contribution < 1.29 is 0 Å². The van der Waals surface area contributed by atoms with Crippen LogP contribution in [0.5, 0.6) is 0 Å². The normalized spacial score (nSPS) is 27.9. The van der Waals surface area contributed by atoms with E-state index in [2.05, 4.69) is 20.4 Å². The van der Waals surface area contributed by atoms with E-state index in [9.17, 15) is 0 Å². The summed E-state index contributed by atoms with van der Waals surface area (Å²) in [5, 5.41) is 0. The third-order valence-electron chi connectivity index (χ3n) is 4.46. The highest BCUT2D eigenvalue weighted by molar-refractivity contribution is 4.85. The first-order valence-electron chi connectivity index (χ1n) is 7.40. The molecular formula is C16H31N. The van der Waals surface area contributed by atoms with E-state index in [1.807, 2.05) is 6.08 Å². The SMILES string of the molecule is C=CCCCCCC1CC(C)(C)CCC1CN. The van der Waals surface area contributed by atoms with Crippen LogP contribution in [0, 0.1) is 17.3 Å². The van der Waals surface area contributed by atoms with Crippen molar-refractivity contribution in [2.75, 3.05) is 6.54 Å². The van der Waals surface area contributed by atoms with E-state index in [0.29, 0.717) is 5.41 Å². The molecule has 0 aromatic rings. The maximum atomic E-state index is 5.92. The van der Waals surface area contributed by atoms with Crippen molar-refractivity contribution in [1.82, 2.24) is 0 Å². The van der Waals surface area contributed by atoms with Gasteiger partial charge in [-0.1, -0.05) is 39.2 Å². The van der Waals surface area contributed by atoms with Crippen LogP contribution in [-0.2, 0) is 0 Å². The van der Waals surface area contributed by atoms with Crippen LogP contribution in [0.4, 0.5) is 0 Å². The molecule has 0 aliphatic heterocycles. The minimum absolute atomic E-state index is 0.553. The topological polar surface area (TPSA) is 26.0 Å². The minimum atomic E-state index is 0.553. The maximum absolute atomic E-state index is 5.92. The predicted molar refractivity (Wildman–Crippen MR) is 76.9 cm³/mol. The third-order valence-corrected chi connectivity index (χ3v) is 4.46. The van der Waals surface area contributed by atoms with Crippen molar-refractivity contribution in [2.24, 2.45) is 23.0 Å². The van der Waals surface area contributed by atoms with Crippen molar-refractivity contribution in [3.8, 4) is 0 Å². The second kappa shape index (κ2) is 7.20. The Kier molecular flexibility index (Phi) is 6.26. The summed E-state index contributed by atoms with van der Waals surface area (Å²) in [5.41, 5.74) is 6.47. The average molecular weight is 237 g/mol. The molecule has 1 aliphatic carbocycles. The maximum Gasteiger partial charge on any atom is -0.00462 e. The van der Waals surface area contributed by atoms with Gasteiger partial charge in [0.15, 0.2) is 0 Å². The fourth-order valence-electron chi connectivity index (χ4n) is 3.31. The third kappa shape index (κ3) is 5.25. The molecule has 2 atom stereocenters. The van der Waals surface area contributed by atoms with Crippen molar-refractivity contribution >= 4 is 0 Å². The molecule has 0 heterocycles. The lowest BCUT2D eigenvalue weighted by atomic mass is 9.66. The van der Waals surface area contributed by atoms with Gasteiger partial charge in [-0.3, -0.25) is 0 Å². The molecule has 0 aromatic heterocycles. The van der Waals surface area contributed by atoms with Gasteiger partial charge < -0.3 is 5.73 Å². The number of hydrogen-bond acceptors (Lipinski definition) is 1. The minimum Gasteiger partial charge on any atom is -0.330 e. The Balaban J connectivity index is 2.29.